The summed E-state index contributed by atoms with van der Waals surface area (Å²) >= 11 is 5.85. The molecular formula is C25H24ClFN4O2. The van der Waals surface area contributed by atoms with Crippen LogP contribution in [-0.2, 0) is 11.2 Å². The van der Waals surface area contributed by atoms with Crippen molar-refractivity contribution >= 4 is 29.1 Å². The van der Waals surface area contributed by atoms with E-state index in [1.807, 2.05) is 12.1 Å². The van der Waals surface area contributed by atoms with E-state index in [4.69, 9.17) is 17.3 Å². The second-order valence-corrected chi connectivity index (χ2v) is 8.43. The number of nitrogens with zero attached hydrogens (tertiary/aromatic N) is 2. The number of hydrogen-bond donors (Lipinski definition) is 2. The van der Waals surface area contributed by atoms with Crippen molar-refractivity contribution in [1.82, 2.24) is 9.88 Å². The number of nitrogens with two attached hydrogens (primary N) is 1. The summed E-state index contributed by atoms with van der Waals surface area (Å²) in [6.45, 7) is 0.575. The van der Waals surface area contributed by atoms with Gasteiger partial charge in [0, 0.05) is 30.2 Å². The van der Waals surface area contributed by atoms with Crippen LogP contribution in [0.4, 0.5) is 10.1 Å². The van der Waals surface area contributed by atoms with E-state index in [0.717, 1.165) is 18.4 Å². The quantitative estimate of drug-likeness (QED) is 0.565. The van der Waals surface area contributed by atoms with E-state index in [9.17, 15) is 14.0 Å². The molecule has 4 rings (SSSR count). The van der Waals surface area contributed by atoms with E-state index in [-0.39, 0.29) is 34.9 Å². The number of carbonyl (C=O) groups excluding carboxylic acids is 2. The number of carbonyl (C=O) groups is 2. The molecule has 0 radical (unpaired) electrons. The average Bonchev–Trinajstić information content (AvgIpc) is 3.32. The lowest BCUT2D eigenvalue weighted by atomic mass is 9.96. The molecule has 0 aliphatic carbocycles. The van der Waals surface area contributed by atoms with Crippen LogP contribution in [0.3, 0.4) is 0 Å². The zero-order valence-corrected chi connectivity index (χ0v) is 18.6. The van der Waals surface area contributed by atoms with E-state index >= 15 is 0 Å². The molecular weight excluding hydrogens is 443 g/mol. The summed E-state index contributed by atoms with van der Waals surface area (Å²) < 4.78 is 14.2. The molecule has 2 unspecified atom stereocenters. The molecule has 1 aliphatic heterocycles. The fourth-order valence-electron chi connectivity index (χ4n) is 4.14. The van der Waals surface area contributed by atoms with Gasteiger partial charge in [0.25, 0.3) is 5.91 Å². The lowest BCUT2D eigenvalue weighted by molar-refractivity contribution is -0.131. The number of nitrogens with one attached hydrogen (secondary N) is 1. The fraction of sp³-hybridized carbons (Fsp3) is 0.240. The van der Waals surface area contributed by atoms with Gasteiger partial charge in [0.15, 0.2) is 0 Å². The smallest absolute Gasteiger partial charge is 0.255 e. The van der Waals surface area contributed by atoms with Crippen LogP contribution < -0.4 is 11.1 Å². The molecule has 0 spiro atoms. The summed E-state index contributed by atoms with van der Waals surface area (Å²) in [6.07, 6.45) is 4.73. The van der Waals surface area contributed by atoms with Crippen molar-refractivity contribution in [3.8, 4) is 0 Å². The van der Waals surface area contributed by atoms with Gasteiger partial charge in [-0.1, -0.05) is 35.9 Å². The van der Waals surface area contributed by atoms with E-state index in [2.05, 4.69) is 10.3 Å². The number of pyridine rings is 1. The molecule has 1 aromatic heterocycles. The van der Waals surface area contributed by atoms with Crippen molar-refractivity contribution in [2.24, 2.45) is 5.73 Å². The van der Waals surface area contributed by atoms with E-state index < -0.39 is 11.9 Å². The molecule has 0 saturated carbocycles. The third-order valence-corrected chi connectivity index (χ3v) is 6.20. The van der Waals surface area contributed by atoms with E-state index in [1.165, 1.54) is 6.07 Å². The average molecular weight is 467 g/mol. The van der Waals surface area contributed by atoms with E-state index in [0.29, 0.717) is 17.8 Å². The molecule has 2 heterocycles. The lowest BCUT2D eigenvalue weighted by Crippen LogP contribution is -2.42. The molecule has 1 fully saturated rings. The van der Waals surface area contributed by atoms with Gasteiger partial charge in [0.05, 0.1) is 23.5 Å². The third kappa shape index (κ3) is 5.21. The SMILES string of the molecule is NC(c1ccc(C(=O)Nc2ccncc2)cc1)C1CCCN1C(=O)Cc1cccc(Cl)c1F. The third-order valence-electron chi connectivity index (χ3n) is 5.90. The van der Waals surface area contributed by atoms with Crippen LogP contribution >= 0.6 is 11.6 Å². The maximum atomic E-state index is 14.2. The Morgan fingerprint density at radius 1 is 1.15 bits per heavy atom. The van der Waals surface area contributed by atoms with Gasteiger partial charge in [-0.25, -0.2) is 4.39 Å². The maximum Gasteiger partial charge on any atom is 0.255 e. The number of aromatic nitrogens is 1. The first-order valence-corrected chi connectivity index (χ1v) is 11.1. The van der Waals surface area contributed by atoms with Gasteiger partial charge in [-0.3, -0.25) is 14.6 Å². The Balaban J connectivity index is 1.43. The van der Waals surface area contributed by atoms with Crippen LogP contribution in [-0.4, -0.2) is 34.3 Å². The largest absolute Gasteiger partial charge is 0.338 e. The Kier molecular flexibility index (Phi) is 7.01. The summed E-state index contributed by atoms with van der Waals surface area (Å²) in [7, 11) is 0. The van der Waals surface area contributed by atoms with Crippen molar-refractivity contribution in [2.45, 2.75) is 31.3 Å². The van der Waals surface area contributed by atoms with Gasteiger partial charge in [0.2, 0.25) is 5.91 Å². The molecule has 2 amide bonds. The van der Waals surface area contributed by atoms with Crippen LogP contribution in [0.5, 0.6) is 0 Å². The lowest BCUT2D eigenvalue weighted by Gasteiger charge is -2.30. The number of amides is 2. The molecule has 170 valence electrons. The molecule has 2 aromatic carbocycles. The Morgan fingerprint density at radius 2 is 1.88 bits per heavy atom. The zero-order chi connectivity index (χ0) is 23.4. The first kappa shape index (κ1) is 22.9. The minimum atomic E-state index is -0.562. The zero-order valence-electron chi connectivity index (χ0n) is 17.9. The van der Waals surface area contributed by atoms with Crippen molar-refractivity contribution in [2.75, 3.05) is 11.9 Å². The normalized spacial score (nSPS) is 16.5. The minimum absolute atomic E-state index is 0.00281. The summed E-state index contributed by atoms with van der Waals surface area (Å²) in [6, 6.07) is 14.5. The minimum Gasteiger partial charge on any atom is -0.338 e. The number of rotatable bonds is 6. The highest BCUT2D eigenvalue weighted by Crippen LogP contribution is 2.29. The first-order chi connectivity index (χ1) is 15.9. The van der Waals surface area contributed by atoms with Crippen molar-refractivity contribution in [3.63, 3.8) is 0 Å². The number of benzene rings is 2. The molecule has 33 heavy (non-hydrogen) atoms. The van der Waals surface area contributed by atoms with Crippen LogP contribution in [0, 0.1) is 5.82 Å². The molecule has 1 saturated heterocycles. The molecule has 8 heteroatoms. The van der Waals surface area contributed by atoms with Gasteiger partial charge in [-0.05, 0) is 54.3 Å². The predicted molar refractivity (Wildman–Crippen MR) is 125 cm³/mol. The Bertz CT molecular complexity index is 1140. The van der Waals surface area contributed by atoms with Crippen LogP contribution in [0.1, 0.15) is 40.4 Å². The van der Waals surface area contributed by atoms with Crippen LogP contribution in [0.15, 0.2) is 67.0 Å². The second kappa shape index (κ2) is 10.1. The van der Waals surface area contributed by atoms with Gasteiger partial charge >= 0.3 is 0 Å². The molecule has 6 nitrogen and oxygen atoms in total. The highest BCUT2D eigenvalue weighted by Gasteiger charge is 2.34. The summed E-state index contributed by atoms with van der Waals surface area (Å²) in [5.41, 5.74) is 8.79. The predicted octanol–water partition coefficient (Wildman–Crippen LogP) is 4.36. The number of halogens is 2. The fourth-order valence-corrected chi connectivity index (χ4v) is 4.34. The molecule has 2 atom stereocenters. The Labute approximate surface area is 196 Å². The Morgan fingerprint density at radius 3 is 2.61 bits per heavy atom. The summed E-state index contributed by atoms with van der Waals surface area (Å²) in [5.74, 6) is -0.974. The second-order valence-electron chi connectivity index (χ2n) is 8.02. The topological polar surface area (TPSA) is 88.3 Å². The van der Waals surface area contributed by atoms with Crippen molar-refractivity contribution in [3.05, 3.63) is 94.5 Å². The number of anilines is 1. The van der Waals surface area contributed by atoms with Gasteiger partial charge < -0.3 is 16.0 Å². The van der Waals surface area contributed by atoms with Crippen molar-refractivity contribution < 1.29 is 14.0 Å². The highest BCUT2D eigenvalue weighted by atomic mass is 35.5. The van der Waals surface area contributed by atoms with Gasteiger partial charge in [-0.15, -0.1) is 0 Å². The van der Waals surface area contributed by atoms with Crippen LogP contribution in [0.2, 0.25) is 5.02 Å². The number of hydrogen-bond acceptors (Lipinski definition) is 4. The molecule has 3 N–H and O–H groups in total. The van der Waals surface area contributed by atoms with Crippen molar-refractivity contribution in [1.29, 1.82) is 0 Å². The maximum absolute atomic E-state index is 14.2. The molecule has 3 aromatic rings. The monoisotopic (exact) mass is 466 g/mol. The molecule has 0 bridgehead atoms. The standard InChI is InChI=1S/C25H24ClFN4O2/c26-20-4-1-3-18(23(20)27)15-22(32)31-14-2-5-21(31)24(28)16-6-8-17(9-7-16)25(33)30-19-10-12-29-13-11-19/h1,3-4,6-13,21,24H,2,5,14-15,28H2,(H,29,30,33). The van der Waals surface area contributed by atoms with Crippen LogP contribution in [0.25, 0.3) is 0 Å². The van der Waals surface area contributed by atoms with Gasteiger partial charge in [-0.2, -0.15) is 0 Å². The number of likely N-dealkylation sites (tertiary alicyclic amines) is 1. The van der Waals surface area contributed by atoms with Gasteiger partial charge in [0.1, 0.15) is 5.82 Å². The summed E-state index contributed by atoms with van der Waals surface area (Å²) in [4.78, 5) is 31.1. The van der Waals surface area contributed by atoms with E-state index in [1.54, 1.807) is 53.7 Å². The first-order valence-electron chi connectivity index (χ1n) is 10.7. The highest BCUT2D eigenvalue weighted by molar-refractivity contribution is 6.30. The molecule has 1 aliphatic rings. The summed E-state index contributed by atoms with van der Waals surface area (Å²) in [5, 5.41) is 2.82. The Hall–Kier alpha value is -3.29.